The first-order chi connectivity index (χ1) is 11.9. The van der Waals surface area contributed by atoms with E-state index in [1.165, 1.54) is 24.3 Å². The number of carbonyl (C=O) groups is 1. The molecule has 0 radical (unpaired) electrons. The lowest BCUT2D eigenvalue weighted by Gasteiger charge is -2.08. The van der Waals surface area contributed by atoms with Crippen molar-refractivity contribution in [3.05, 3.63) is 58.1 Å². The van der Waals surface area contributed by atoms with E-state index in [2.05, 4.69) is 5.32 Å². The summed E-state index contributed by atoms with van der Waals surface area (Å²) in [6.07, 6.45) is 0. The molecule has 0 aliphatic rings. The summed E-state index contributed by atoms with van der Waals surface area (Å²) in [7, 11) is 0. The van der Waals surface area contributed by atoms with E-state index < -0.39 is 22.5 Å². The van der Waals surface area contributed by atoms with Gasteiger partial charge in [0.15, 0.2) is 11.6 Å². The van der Waals surface area contributed by atoms with Crippen LogP contribution in [0.1, 0.15) is 6.92 Å². The molecule has 0 aliphatic heterocycles. The summed E-state index contributed by atoms with van der Waals surface area (Å²) in [4.78, 5) is 22.8. The Balaban J connectivity index is 2.04. The van der Waals surface area contributed by atoms with Crippen molar-refractivity contribution in [2.75, 3.05) is 17.7 Å². The van der Waals surface area contributed by atoms with Gasteiger partial charge in [0.25, 0.3) is 5.69 Å². The average Bonchev–Trinajstić information content (AvgIpc) is 2.57. The largest absolute Gasteiger partial charge is 0.494 e. The fraction of sp³-hybridized carbons (Fsp3) is 0.188. The number of nitrogens with one attached hydrogen (secondary N) is 1. The molecule has 25 heavy (non-hydrogen) atoms. The summed E-state index contributed by atoms with van der Waals surface area (Å²) in [5.41, 5.74) is -0.263. The van der Waals surface area contributed by atoms with E-state index in [9.17, 15) is 23.7 Å². The van der Waals surface area contributed by atoms with Crippen LogP contribution in [0.2, 0.25) is 0 Å². The van der Waals surface area contributed by atoms with Gasteiger partial charge < -0.3 is 10.1 Å². The highest BCUT2D eigenvalue weighted by atomic mass is 32.2. The first-order valence-corrected chi connectivity index (χ1v) is 8.18. The van der Waals surface area contributed by atoms with Gasteiger partial charge in [-0.15, -0.1) is 11.8 Å². The van der Waals surface area contributed by atoms with Crippen molar-refractivity contribution in [1.82, 2.24) is 0 Å². The molecule has 2 aromatic carbocycles. The zero-order valence-corrected chi connectivity index (χ0v) is 13.9. The van der Waals surface area contributed by atoms with Gasteiger partial charge in [0.1, 0.15) is 11.4 Å². The van der Waals surface area contributed by atoms with Crippen molar-refractivity contribution in [1.29, 1.82) is 0 Å². The van der Waals surface area contributed by atoms with Gasteiger partial charge in [0.05, 0.1) is 23.3 Å². The number of nitrogens with zero attached hydrogens (tertiary/aromatic N) is 1. The average molecular weight is 368 g/mol. The van der Waals surface area contributed by atoms with Gasteiger partial charge >= 0.3 is 0 Å². The molecule has 1 N–H and O–H groups in total. The Morgan fingerprint density at radius 3 is 2.64 bits per heavy atom. The molecule has 0 fully saturated rings. The second-order valence-electron chi connectivity index (χ2n) is 4.78. The van der Waals surface area contributed by atoms with Crippen molar-refractivity contribution in [2.45, 2.75) is 11.8 Å². The summed E-state index contributed by atoms with van der Waals surface area (Å²) in [6, 6.07) is 7.40. The molecule has 0 aromatic heterocycles. The molecule has 0 heterocycles. The van der Waals surface area contributed by atoms with Gasteiger partial charge in [-0.2, -0.15) is 0 Å². The minimum atomic E-state index is -1.01. The maximum atomic E-state index is 13.1. The third-order valence-corrected chi connectivity index (χ3v) is 4.01. The predicted molar refractivity (Wildman–Crippen MR) is 90.0 cm³/mol. The summed E-state index contributed by atoms with van der Waals surface area (Å²) in [5.74, 6) is -2.29. The van der Waals surface area contributed by atoms with E-state index in [4.69, 9.17) is 4.74 Å². The maximum Gasteiger partial charge on any atom is 0.296 e. The zero-order valence-electron chi connectivity index (χ0n) is 13.1. The molecular weight excluding hydrogens is 354 g/mol. The second-order valence-corrected chi connectivity index (χ2v) is 5.83. The van der Waals surface area contributed by atoms with Crippen LogP contribution in [0.5, 0.6) is 5.75 Å². The monoisotopic (exact) mass is 368 g/mol. The lowest BCUT2D eigenvalue weighted by Crippen LogP contribution is -2.15. The number of halogens is 2. The normalized spacial score (nSPS) is 10.4. The third kappa shape index (κ3) is 5.15. The molecule has 0 saturated carbocycles. The molecule has 1 amide bonds. The van der Waals surface area contributed by atoms with Crippen molar-refractivity contribution in [3.63, 3.8) is 0 Å². The molecule has 2 aromatic rings. The first kappa shape index (κ1) is 18.7. The third-order valence-electron chi connectivity index (χ3n) is 3.01. The van der Waals surface area contributed by atoms with Crippen LogP contribution < -0.4 is 10.1 Å². The number of nitro benzene ring substituents is 1. The molecule has 0 aliphatic carbocycles. The molecule has 132 valence electrons. The maximum absolute atomic E-state index is 13.1. The second kappa shape index (κ2) is 8.43. The van der Waals surface area contributed by atoms with E-state index in [-0.39, 0.29) is 17.1 Å². The number of rotatable bonds is 7. The van der Waals surface area contributed by atoms with E-state index in [1.54, 1.807) is 6.92 Å². The zero-order chi connectivity index (χ0) is 18.4. The number of thioether (sulfide) groups is 1. The molecule has 9 heteroatoms. The molecular formula is C16H14F2N2O4S. The van der Waals surface area contributed by atoms with Gasteiger partial charge in [-0.05, 0) is 37.3 Å². The lowest BCUT2D eigenvalue weighted by molar-refractivity contribution is -0.384. The van der Waals surface area contributed by atoms with Crippen LogP contribution in [-0.4, -0.2) is 23.2 Å². The number of hydrogen-bond donors (Lipinski definition) is 1. The van der Waals surface area contributed by atoms with Gasteiger partial charge in [-0.1, -0.05) is 0 Å². The van der Waals surface area contributed by atoms with Gasteiger partial charge in [0, 0.05) is 4.90 Å². The molecule has 2 rings (SSSR count). The van der Waals surface area contributed by atoms with Crippen LogP contribution in [-0.2, 0) is 4.79 Å². The summed E-state index contributed by atoms with van der Waals surface area (Å²) < 4.78 is 31.2. The Labute approximate surface area is 146 Å². The van der Waals surface area contributed by atoms with Crippen LogP contribution in [0.15, 0.2) is 41.3 Å². The highest BCUT2D eigenvalue weighted by molar-refractivity contribution is 8.00. The number of benzene rings is 2. The summed E-state index contributed by atoms with van der Waals surface area (Å²) in [6.45, 7) is 2.10. The minimum absolute atomic E-state index is 0.0318. The summed E-state index contributed by atoms with van der Waals surface area (Å²) in [5, 5.41) is 13.6. The number of ether oxygens (including phenoxy) is 1. The van der Waals surface area contributed by atoms with Crippen molar-refractivity contribution >= 4 is 29.0 Å². The number of carbonyl (C=O) groups excluding carboxylic acids is 1. The van der Waals surface area contributed by atoms with Gasteiger partial charge in [0.2, 0.25) is 5.91 Å². The van der Waals surface area contributed by atoms with E-state index in [0.717, 1.165) is 23.9 Å². The molecule has 0 spiro atoms. The highest BCUT2D eigenvalue weighted by Gasteiger charge is 2.17. The van der Waals surface area contributed by atoms with Crippen LogP contribution >= 0.6 is 11.8 Å². The molecule has 6 nitrogen and oxygen atoms in total. The van der Waals surface area contributed by atoms with Crippen LogP contribution in [0.3, 0.4) is 0 Å². The van der Waals surface area contributed by atoms with Crippen molar-refractivity contribution in [2.24, 2.45) is 0 Å². The lowest BCUT2D eigenvalue weighted by atomic mass is 10.2. The number of amides is 1. The molecule has 0 atom stereocenters. The Kier molecular flexibility index (Phi) is 6.29. The Morgan fingerprint density at radius 1 is 1.24 bits per heavy atom. The first-order valence-electron chi connectivity index (χ1n) is 7.19. The van der Waals surface area contributed by atoms with Crippen LogP contribution in [0, 0.1) is 21.7 Å². The predicted octanol–water partition coefficient (Wildman–Crippen LogP) is 4.00. The van der Waals surface area contributed by atoms with E-state index in [1.807, 2.05) is 0 Å². The molecule has 0 bridgehead atoms. The quantitative estimate of drug-likeness (QED) is 0.454. The van der Waals surface area contributed by atoms with Crippen molar-refractivity contribution in [3.8, 4) is 5.75 Å². The molecule has 0 unspecified atom stereocenters. The van der Waals surface area contributed by atoms with Crippen LogP contribution in [0.4, 0.5) is 20.2 Å². The molecule has 0 saturated heterocycles. The highest BCUT2D eigenvalue weighted by Crippen LogP contribution is 2.29. The van der Waals surface area contributed by atoms with E-state index >= 15 is 0 Å². The number of anilines is 1. The van der Waals surface area contributed by atoms with Crippen LogP contribution in [0.25, 0.3) is 0 Å². The van der Waals surface area contributed by atoms with E-state index in [0.29, 0.717) is 17.3 Å². The van der Waals surface area contributed by atoms with Gasteiger partial charge in [-0.25, -0.2) is 8.78 Å². The Morgan fingerprint density at radius 2 is 2.00 bits per heavy atom. The fourth-order valence-electron chi connectivity index (χ4n) is 1.93. The van der Waals surface area contributed by atoms with Crippen molar-refractivity contribution < 1.29 is 23.2 Å². The SMILES string of the molecule is CCOc1ccc(NC(=O)CSc2ccc(F)c(F)c2)c([N+](=O)[O-])c1. The Bertz CT molecular complexity index is 802. The summed E-state index contributed by atoms with van der Waals surface area (Å²) >= 11 is 0.983. The smallest absolute Gasteiger partial charge is 0.296 e. The standard InChI is InChI=1S/C16H14F2N2O4S/c1-2-24-10-3-6-14(15(7-10)20(22)23)19-16(21)9-25-11-4-5-12(17)13(18)8-11/h3-8H,2,9H2,1H3,(H,19,21). The topological polar surface area (TPSA) is 81.5 Å². The Hall–Kier alpha value is -2.68. The van der Waals surface area contributed by atoms with Gasteiger partial charge in [-0.3, -0.25) is 14.9 Å². The number of nitro groups is 1. The minimum Gasteiger partial charge on any atom is -0.494 e. The fourth-order valence-corrected chi connectivity index (χ4v) is 2.65. The number of hydrogen-bond acceptors (Lipinski definition) is 5.